The van der Waals surface area contributed by atoms with E-state index in [0.29, 0.717) is 28.9 Å². The highest BCUT2D eigenvalue weighted by molar-refractivity contribution is 6.32. The number of rotatable bonds is 9. The van der Waals surface area contributed by atoms with Crippen LogP contribution in [0.4, 0.5) is 5.69 Å². The Bertz CT molecular complexity index is 1740. The lowest BCUT2D eigenvalue weighted by Crippen LogP contribution is -2.21. The highest BCUT2D eigenvalue weighted by Crippen LogP contribution is 2.36. The quantitative estimate of drug-likeness (QED) is 0.102. The molecule has 0 saturated heterocycles. The summed E-state index contributed by atoms with van der Waals surface area (Å²) in [4.78, 5) is 29.5. The van der Waals surface area contributed by atoms with E-state index in [1.807, 2.05) is 32.0 Å². The van der Waals surface area contributed by atoms with E-state index in [9.17, 15) is 14.9 Å². The molecule has 0 aliphatic rings. The van der Waals surface area contributed by atoms with Gasteiger partial charge in [0.2, 0.25) is 5.75 Å². The first-order valence-electron chi connectivity index (χ1n) is 12.5. The number of para-hydroxylation sites is 1. The van der Waals surface area contributed by atoms with Crippen molar-refractivity contribution in [1.82, 2.24) is 9.66 Å². The normalized spacial score (nSPS) is 11.2. The Morgan fingerprint density at radius 2 is 1.98 bits per heavy atom. The molecule has 0 saturated carbocycles. The van der Waals surface area contributed by atoms with E-state index in [2.05, 4.69) is 24.9 Å². The van der Waals surface area contributed by atoms with E-state index >= 15 is 0 Å². The number of fused-ring (bicyclic) bond motifs is 1. The average molecular weight is 559 g/mol. The summed E-state index contributed by atoms with van der Waals surface area (Å²) in [6, 6.07) is 13.6. The molecule has 9 nitrogen and oxygen atoms in total. The molecule has 0 fully saturated rings. The third-order valence-electron chi connectivity index (χ3n) is 6.14. The first-order chi connectivity index (χ1) is 19.2. The third-order valence-corrected chi connectivity index (χ3v) is 6.42. The van der Waals surface area contributed by atoms with E-state index in [1.54, 1.807) is 18.2 Å². The molecule has 1 aromatic heterocycles. The Labute approximate surface area is 236 Å². The first-order valence-corrected chi connectivity index (χ1v) is 12.9. The first kappa shape index (κ1) is 28.3. The van der Waals surface area contributed by atoms with Crippen LogP contribution in [-0.4, -0.2) is 34.0 Å². The predicted octanol–water partition coefficient (Wildman–Crippen LogP) is 6.35. The fourth-order valence-electron chi connectivity index (χ4n) is 4.27. The zero-order valence-corrected chi connectivity index (χ0v) is 23.2. The Morgan fingerprint density at radius 3 is 2.65 bits per heavy atom. The minimum absolute atomic E-state index is 0.0148. The fraction of sp³-hybridized carbons (Fsp3) is 0.233. The summed E-state index contributed by atoms with van der Waals surface area (Å²) in [6.07, 6.45) is 6.53. The van der Waals surface area contributed by atoms with Gasteiger partial charge in [-0.05, 0) is 61.2 Å². The number of nitro groups is 1. The highest BCUT2D eigenvalue weighted by atomic mass is 35.5. The lowest BCUT2D eigenvalue weighted by atomic mass is 9.96. The van der Waals surface area contributed by atoms with Gasteiger partial charge in [-0.1, -0.05) is 43.5 Å². The Hall–Kier alpha value is -4.68. The van der Waals surface area contributed by atoms with E-state index in [1.165, 1.54) is 23.0 Å². The molecule has 0 aliphatic carbocycles. The van der Waals surface area contributed by atoms with Crippen LogP contribution in [0.2, 0.25) is 5.02 Å². The number of nitro benzene ring substituents is 1. The number of hydrogen-bond donors (Lipinski definition) is 0. The fourth-order valence-corrected chi connectivity index (χ4v) is 4.54. The summed E-state index contributed by atoms with van der Waals surface area (Å²) in [5.74, 6) is 3.34. The van der Waals surface area contributed by atoms with Gasteiger partial charge in [0.25, 0.3) is 5.56 Å². The van der Waals surface area contributed by atoms with Crippen LogP contribution in [0.5, 0.6) is 11.5 Å². The molecule has 4 aromatic rings. The summed E-state index contributed by atoms with van der Waals surface area (Å²) in [5.41, 5.74) is 2.53. The molecule has 3 aromatic carbocycles. The van der Waals surface area contributed by atoms with Crippen LogP contribution < -0.4 is 15.0 Å². The monoisotopic (exact) mass is 558 g/mol. The van der Waals surface area contributed by atoms with Gasteiger partial charge < -0.3 is 9.47 Å². The molecule has 0 unspecified atom stereocenters. The van der Waals surface area contributed by atoms with E-state index in [-0.39, 0.29) is 34.5 Å². The molecule has 0 atom stereocenters. The second-order valence-corrected chi connectivity index (χ2v) is 9.61. The second kappa shape index (κ2) is 12.0. The number of terminal acetylenes is 1. The van der Waals surface area contributed by atoms with Gasteiger partial charge in [0.15, 0.2) is 5.82 Å². The molecular formula is C30H27ClN4O5. The van der Waals surface area contributed by atoms with Crippen molar-refractivity contribution in [2.45, 2.75) is 33.6 Å². The minimum atomic E-state index is -0.624. The van der Waals surface area contributed by atoms with E-state index in [0.717, 1.165) is 16.9 Å². The molecule has 40 heavy (non-hydrogen) atoms. The Kier molecular flexibility index (Phi) is 8.51. The van der Waals surface area contributed by atoms with Gasteiger partial charge in [-0.3, -0.25) is 14.9 Å². The number of aromatic nitrogens is 2. The van der Waals surface area contributed by atoms with Crippen molar-refractivity contribution in [3.8, 4) is 35.2 Å². The number of hydrogen-bond acceptors (Lipinski definition) is 7. The summed E-state index contributed by atoms with van der Waals surface area (Å²) in [7, 11) is 0. The minimum Gasteiger partial charge on any atom is -0.494 e. The smallest absolute Gasteiger partial charge is 0.313 e. The van der Waals surface area contributed by atoms with Gasteiger partial charge in [-0.2, -0.15) is 9.78 Å². The van der Waals surface area contributed by atoms with Crippen LogP contribution in [0.3, 0.4) is 0 Å². The van der Waals surface area contributed by atoms with Crippen molar-refractivity contribution in [2.75, 3.05) is 13.2 Å². The lowest BCUT2D eigenvalue weighted by molar-refractivity contribution is -0.385. The van der Waals surface area contributed by atoms with Gasteiger partial charge in [0.1, 0.15) is 12.4 Å². The van der Waals surface area contributed by atoms with Crippen molar-refractivity contribution in [1.29, 1.82) is 0 Å². The van der Waals surface area contributed by atoms with Gasteiger partial charge in [-0.15, -0.1) is 6.42 Å². The molecule has 0 radical (unpaired) electrons. The maximum absolute atomic E-state index is 13.7. The van der Waals surface area contributed by atoms with Crippen molar-refractivity contribution in [3.05, 3.63) is 90.7 Å². The lowest BCUT2D eigenvalue weighted by Gasteiger charge is -2.18. The Morgan fingerprint density at radius 1 is 1.23 bits per heavy atom. The zero-order chi connectivity index (χ0) is 29.0. The Balaban J connectivity index is 1.94. The molecule has 204 valence electrons. The molecule has 0 amide bonds. The highest BCUT2D eigenvalue weighted by Gasteiger charge is 2.21. The number of nitrogens with zero attached hydrogens (tertiary/aromatic N) is 4. The van der Waals surface area contributed by atoms with Crippen molar-refractivity contribution >= 4 is 34.4 Å². The van der Waals surface area contributed by atoms with Gasteiger partial charge in [0.05, 0.1) is 33.7 Å². The van der Waals surface area contributed by atoms with Crippen molar-refractivity contribution < 1.29 is 14.4 Å². The van der Waals surface area contributed by atoms with Crippen LogP contribution in [0.1, 0.15) is 43.4 Å². The molecule has 4 rings (SSSR count). The molecule has 0 bridgehead atoms. The molecule has 1 heterocycles. The molecule has 0 spiro atoms. The van der Waals surface area contributed by atoms with Gasteiger partial charge >= 0.3 is 5.69 Å². The summed E-state index contributed by atoms with van der Waals surface area (Å²) < 4.78 is 12.3. The number of benzene rings is 3. The SMILES string of the molecule is C#CCOc1c(Cl)cc(C=Nn2c(-c3cc(C(C)C)c(OCC)cc3C)nc3ccccc3c2=O)cc1[N+](=O)[O-]. The van der Waals surface area contributed by atoms with E-state index in [4.69, 9.17) is 32.5 Å². The largest absolute Gasteiger partial charge is 0.494 e. The van der Waals surface area contributed by atoms with Crippen LogP contribution >= 0.6 is 11.6 Å². The van der Waals surface area contributed by atoms with Gasteiger partial charge in [-0.25, -0.2) is 4.98 Å². The van der Waals surface area contributed by atoms with Crippen LogP contribution in [0, 0.1) is 29.4 Å². The van der Waals surface area contributed by atoms with Crippen LogP contribution in [-0.2, 0) is 0 Å². The summed E-state index contributed by atoms with van der Waals surface area (Å²) >= 11 is 6.29. The maximum Gasteiger partial charge on any atom is 0.313 e. The average Bonchev–Trinajstić information content (AvgIpc) is 2.91. The topological polar surface area (TPSA) is 109 Å². The van der Waals surface area contributed by atoms with Crippen LogP contribution in [0.25, 0.3) is 22.3 Å². The summed E-state index contributed by atoms with van der Waals surface area (Å²) in [5, 5.41) is 16.5. The van der Waals surface area contributed by atoms with E-state index < -0.39 is 10.5 Å². The maximum atomic E-state index is 13.7. The number of ether oxygens (including phenoxy) is 2. The van der Waals surface area contributed by atoms with Crippen molar-refractivity contribution in [2.24, 2.45) is 5.10 Å². The molecule has 0 N–H and O–H groups in total. The summed E-state index contributed by atoms with van der Waals surface area (Å²) in [6.45, 7) is 8.29. The van der Waals surface area contributed by atoms with Crippen LogP contribution in [0.15, 0.2) is 58.4 Å². The predicted molar refractivity (Wildman–Crippen MR) is 157 cm³/mol. The van der Waals surface area contributed by atoms with Crippen molar-refractivity contribution in [3.63, 3.8) is 0 Å². The second-order valence-electron chi connectivity index (χ2n) is 9.21. The molecule has 10 heteroatoms. The number of aryl methyl sites for hydroxylation is 1. The standard InChI is InChI=1S/C30H27ClN4O5/c1-6-12-40-28-24(31)14-20(15-26(28)35(37)38)17-32-34-29(33-25-11-9-8-10-21(25)30(34)36)23-16-22(18(3)4)27(39-7-2)13-19(23)5/h1,8-11,13-18H,7,12H2,2-5H3. The molecular weight excluding hydrogens is 532 g/mol. The number of halogens is 1. The van der Waals surface area contributed by atoms with Gasteiger partial charge in [0, 0.05) is 17.2 Å². The molecule has 0 aliphatic heterocycles. The zero-order valence-electron chi connectivity index (χ0n) is 22.5. The third kappa shape index (κ3) is 5.67.